The van der Waals surface area contributed by atoms with Crippen molar-refractivity contribution in [3.63, 3.8) is 0 Å². The monoisotopic (exact) mass is 415 g/mol. The van der Waals surface area contributed by atoms with Crippen molar-refractivity contribution in [2.45, 2.75) is 32.2 Å². The number of nitrogens with zero attached hydrogens (tertiary/aromatic N) is 1. The number of rotatable bonds is 7. The Morgan fingerprint density at radius 2 is 1.93 bits per heavy atom. The highest BCUT2D eigenvalue weighted by molar-refractivity contribution is 6.30. The number of hydrogen-bond acceptors (Lipinski definition) is 4. The van der Waals surface area contributed by atoms with Crippen LogP contribution < -0.4 is 20.3 Å². The zero-order chi connectivity index (χ0) is 20.8. The second kappa shape index (κ2) is 9.65. The highest BCUT2D eigenvalue weighted by Crippen LogP contribution is 2.24. The first kappa shape index (κ1) is 21.0. The lowest BCUT2D eigenvalue weighted by atomic mass is 10.1. The minimum Gasteiger partial charge on any atom is -0.496 e. The molecule has 154 valence electrons. The minimum atomic E-state index is -0.343. The number of hydrogen-bond donors (Lipinski definition) is 2. The van der Waals surface area contributed by atoms with Crippen molar-refractivity contribution in [3.8, 4) is 5.75 Å². The molecule has 2 N–H and O–H groups in total. The molecule has 0 aromatic heterocycles. The Hall–Kier alpha value is -2.73. The molecule has 1 unspecified atom stereocenters. The van der Waals surface area contributed by atoms with Crippen LogP contribution in [0.1, 0.15) is 36.5 Å². The van der Waals surface area contributed by atoms with Crippen molar-refractivity contribution in [3.05, 3.63) is 53.1 Å². The average Bonchev–Trinajstić information content (AvgIpc) is 3.22. The fourth-order valence-electron chi connectivity index (χ4n) is 3.45. The van der Waals surface area contributed by atoms with Gasteiger partial charge in [-0.2, -0.15) is 0 Å². The molecule has 2 amide bonds. The summed E-state index contributed by atoms with van der Waals surface area (Å²) in [5.74, 6) is -0.0698. The summed E-state index contributed by atoms with van der Waals surface area (Å²) < 4.78 is 5.21. The maximum Gasteiger partial charge on any atom is 0.255 e. The van der Waals surface area contributed by atoms with Gasteiger partial charge in [0.15, 0.2) is 0 Å². The fourth-order valence-corrected chi connectivity index (χ4v) is 3.61. The molecule has 0 bridgehead atoms. The molecule has 1 atom stereocenters. The number of amides is 2. The molecule has 0 saturated carbocycles. The van der Waals surface area contributed by atoms with Gasteiger partial charge in [0, 0.05) is 41.9 Å². The van der Waals surface area contributed by atoms with Gasteiger partial charge in [0.05, 0.1) is 12.7 Å². The van der Waals surface area contributed by atoms with Crippen molar-refractivity contribution in [1.82, 2.24) is 5.32 Å². The van der Waals surface area contributed by atoms with E-state index in [0.717, 1.165) is 24.5 Å². The topological polar surface area (TPSA) is 70.7 Å². The van der Waals surface area contributed by atoms with Crippen LogP contribution in [0, 0.1) is 0 Å². The lowest BCUT2D eigenvalue weighted by molar-refractivity contribution is -0.116. The molecular formula is C22H26ClN3O3. The number of ether oxygens (including phenoxy) is 1. The van der Waals surface area contributed by atoms with Gasteiger partial charge in [-0.1, -0.05) is 17.7 Å². The van der Waals surface area contributed by atoms with Crippen LogP contribution in [0.15, 0.2) is 42.5 Å². The Bertz CT molecular complexity index is 881. The van der Waals surface area contributed by atoms with Crippen LogP contribution in [0.4, 0.5) is 11.4 Å². The minimum absolute atomic E-state index is 0.153. The molecule has 29 heavy (non-hydrogen) atoms. The lowest BCUT2D eigenvalue weighted by Crippen LogP contribution is -2.35. The van der Waals surface area contributed by atoms with Gasteiger partial charge in [-0.25, -0.2) is 0 Å². The molecule has 2 aromatic carbocycles. The Labute approximate surface area is 176 Å². The number of anilines is 2. The molecule has 1 fully saturated rings. The zero-order valence-electron chi connectivity index (χ0n) is 16.7. The van der Waals surface area contributed by atoms with E-state index in [2.05, 4.69) is 21.6 Å². The van der Waals surface area contributed by atoms with Crippen molar-refractivity contribution < 1.29 is 14.3 Å². The summed E-state index contributed by atoms with van der Waals surface area (Å²) in [6.07, 6.45) is 2.56. The molecule has 0 spiro atoms. The summed E-state index contributed by atoms with van der Waals surface area (Å²) >= 11 is 5.94. The summed E-state index contributed by atoms with van der Waals surface area (Å²) in [5.41, 5.74) is 2.26. The van der Waals surface area contributed by atoms with Crippen LogP contribution in [-0.2, 0) is 4.79 Å². The highest BCUT2D eigenvalue weighted by Gasteiger charge is 2.18. The van der Waals surface area contributed by atoms with Crippen molar-refractivity contribution in [2.75, 3.05) is 30.4 Å². The van der Waals surface area contributed by atoms with Gasteiger partial charge in [0.1, 0.15) is 5.75 Å². The maximum atomic E-state index is 12.5. The van der Waals surface area contributed by atoms with Crippen LogP contribution in [0.3, 0.4) is 0 Å². The third-order valence-electron chi connectivity index (χ3n) is 4.88. The van der Waals surface area contributed by atoms with Crippen molar-refractivity contribution in [2.24, 2.45) is 0 Å². The van der Waals surface area contributed by atoms with Gasteiger partial charge in [-0.05, 0) is 56.2 Å². The van der Waals surface area contributed by atoms with Crippen molar-refractivity contribution in [1.29, 1.82) is 0 Å². The molecule has 1 saturated heterocycles. The van der Waals surface area contributed by atoms with E-state index in [9.17, 15) is 9.59 Å². The third-order valence-corrected chi connectivity index (χ3v) is 5.11. The Morgan fingerprint density at radius 3 is 2.66 bits per heavy atom. The van der Waals surface area contributed by atoms with Gasteiger partial charge in [-0.3, -0.25) is 9.59 Å². The highest BCUT2D eigenvalue weighted by atomic mass is 35.5. The molecule has 3 rings (SSSR count). The van der Waals surface area contributed by atoms with E-state index < -0.39 is 0 Å². The number of halogens is 1. The molecule has 7 heteroatoms. The predicted molar refractivity (Wildman–Crippen MR) is 116 cm³/mol. The van der Waals surface area contributed by atoms with Crippen molar-refractivity contribution >= 4 is 34.8 Å². The first-order chi connectivity index (χ1) is 14.0. The molecule has 0 aliphatic carbocycles. The summed E-state index contributed by atoms with van der Waals surface area (Å²) in [6, 6.07) is 12.3. The number of carbonyl (C=O) groups is 2. The normalized spacial score (nSPS) is 14.4. The summed E-state index contributed by atoms with van der Waals surface area (Å²) in [4.78, 5) is 27.2. The summed E-state index contributed by atoms with van der Waals surface area (Å²) in [6.45, 7) is 3.89. The van der Waals surface area contributed by atoms with E-state index in [-0.39, 0.29) is 24.3 Å². The molecule has 0 radical (unpaired) electrons. The van der Waals surface area contributed by atoms with Crippen LogP contribution in [0.5, 0.6) is 5.75 Å². The summed E-state index contributed by atoms with van der Waals surface area (Å²) in [5, 5.41) is 6.24. The number of methoxy groups -OCH3 is 1. The number of benzene rings is 2. The van der Waals surface area contributed by atoms with Gasteiger partial charge < -0.3 is 20.3 Å². The van der Waals surface area contributed by atoms with E-state index in [4.69, 9.17) is 16.3 Å². The van der Waals surface area contributed by atoms with E-state index in [1.54, 1.807) is 25.1 Å². The second-order valence-electron chi connectivity index (χ2n) is 7.22. The Kier molecular flexibility index (Phi) is 6.99. The predicted octanol–water partition coefficient (Wildman–Crippen LogP) is 4.10. The first-order valence-electron chi connectivity index (χ1n) is 9.75. The van der Waals surface area contributed by atoms with Gasteiger partial charge >= 0.3 is 0 Å². The Morgan fingerprint density at radius 1 is 1.17 bits per heavy atom. The van der Waals surface area contributed by atoms with Crippen LogP contribution in [0.2, 0.25) is 5.02 Å². The second-order valence-corrected chi connectivity index (χ2v) is 7.65. The molecule has 2 aromatic rings. The lowest BCUT2D eigenvalue weighted by Gasteiger charge is -2.19. The van der Waals surface area contributed by atoms with Crippen LogP contribution >= 0.6 is 11.6 Å². The average molecular weight is 416 g/mol. The quantitative estimate of drug-likeness (QED) is 0.714. The summed E-state index contributed by atoms with van der Waals surface area (Å²) in [7, 11) is 1.48. The number of nitrogens with one attached hydrogen (secondary N) is 2. The standard InChI is InChI=1S/C22H26ClN3O3/c1-15(24-22(28)19-9-8-16(23)13-20(19)29-2)12-21(27)25-17-6-5-7-18(14-17)26-10-3-4-11-26/h5-9,13-15H,3-4,10-12H2,1-2H3,(H,24,28)(H,25,27). The SMILES string of the molecule is COc1cc(Cl)ccc1C(=O)NC(C)CC(=O)Nc1cccc(N2CCCC2)c1. The van der Waals surface area contributed by atoms with E-state index >= 15 is 0 Å². The molecule has 6 nitrogen and oxygen atoms in total. The molecule has 1 aliphatic rings. The van der Waals surface area contributed by atoms with Gasteiger partial charge in [-0.15, -0.1) is 0 Å². The number of carbonyl (C=O) groups excluding carboxylic acids is 2. The molecule has 1 aliphatic heterocycles. The molecular weight excluding hydrogens is 390 g/mol. The van der Waals surface area contributed by atoms with E-state index in [0.29, 0.717) is 16.3 Å². The van der Waals surface area contributed by atoms with Gasteiger partial charge in [0.2, 0.25) is 5.91 Å². The fraction of sp³-hybridized carbons (Fsp3) is 0.364. The maximum absolute atomic E-state index is 12.5. The molecule has 1 heterocycles. The smallest absolute Gasteiger partial charge is 0.255 e. The van der Waals surface area contributed by atoms with Gasteiger partial charge in [0.25, 0.3) is 5.91 Å². The van der Waals surface area contributed by atoms with E-state index in [1.165, 1.54) is 20.0 Å². The van der Waals surface area contributed by atoms with E-state index in [1.807, 2.05) is 18.2 Å². The Balaban J connectivity index is 1.55. The first-order valence-corrected chi connectivity index (χ1v) is 10.1. The third kappa shape index (κ3) is 5.64. The zero-order valence-corrected chi connectivity index (χ0v) is 17.5. The largest absolute Gasteiger partial charge is 0.496 e. The van der Waals surface area contributed by atoms with Crippen LogP contribution in [0.25, 0.3) is 0 Å². The van der Waals surface area contributed by atoms with Crippen LogP contribution in [-0.4, -0.2) is 38.1 Å².